The summed E-state index contributed by atoms with van der Waals surface area (Å²) in [6.07, 6.45) is 2.93. The Morgan fingerprint density at radius 2 is 1.79 bits per heavy atom. The van der Waals surface area contributed by atoms with Gasteiger partial charge in [0.25, 0.3) is 0 Å². The number of carbonyl (C=O) groups excluding carboxylic acids is 1. The Balaban J connectivity index is 1.70. The lowest BCUT2D eigenvalue weighted by molar-refractivity contribution is -0.121. The van der Waals surface area contributed by atoms with Crippen LogP contribution in [0, 0.1) is 0 Å². The summed E-state index contributed by atoms with van der Waals surface area (Å²) < 4.78 is 5.77. The lowest BCUT2D eigenvalue weighted by Crippen LogP contribution is -2.52. The summed E-state index contributed by atoms with van der Waals surface area (Å²) in [6, 6.07) is 8.90. The number of aryl methyl sites for hydroxylation is 2. The average molecular weight is 332 g/mol. The van der Waals surface area contributed by atoms with E-state index in [1.807, 2.05) is 0 Å². The fourth-order valence-electron chi connectivity index (χ4n) is 3.26. The Morgan fingerprint density at radius 1 is 1.21 bits per heavy atom. The average Bonchev–Trinajstić information content (AvgIpc) is 2.57. The summed E-state index contributed by atoms with van der Waals surface area (Å²) >= 11 is 0. The molecule has 1 amide bonds. The first kappa shape index (κ1) is 18.9. The van der Waals surface area contributed by atoms with E-state index in [9.17, 15) is 4.79 Å². The van der Waals surface area contributed by atoms with Gasteiger partial charge >= 0.3 is 0 Å². The third-order valence-electron chi connectivity index (χ3n) is 4.74. The van der Waals surface area contributed by atoms with Gasteiger partial charge in [0.2, 0.25) is 5.91 Å². The van der Waals surface area contributed by atoms with E-state index in [4.69, 9.17) is 4.74 Å². The van der Waals surface area contributed by atoms with Crippen LogP contribution in [0.25, 0.3) is 0 Å². The largest absolute Gasteiger partial charge is 0.373 e. The van der Waals surface area contributed by atoms with Crippen LogP contribution in [0.1, 0.15) is 45.2 Å². The first-order chi connectivity index (χ1) is 11.5. The Bertz CT molecular complexity index is 505. The molecule has 2 rings (SSSR count). The van der Waals surface area contributed by atoms with Crippen molar-refractivity contribution < 1.29 is 9.53 Å². The van der Waals surface area contributed by atoms with Crippen molar-refractivity contribution in [1.82, 2.24) is 10.2 Å². The molecule has 1 saturated heterocycles. The van der Waals surface area contributed by atoms with Crippen molar-refractivity contribution in [3.05, 3.63) is 35.4 Å². The maximum atomic E-state index is 12.1. The predicted molar refractivity (Wildman–Crippen MR) is 98.2 cm³/mol. The second kappa shape index (κ2) is 9.19. The Labute approximate surface area is 146 Å². The van der Waals surface area contributed by atoms with Gasteiger partial charge < -0.3 is 10.1 Å². The van der Waals surface area contributed by atoms with Gasteiger partial charge in [0.15, 0.2) is 0 Å². The molecule has 134 valence electrons. The molecular weight excluding hydrogens is 300 g/mol. The van der Waals surface area contributed by atoms with E-state index in [2.05, 4.69) is 62.2 Å². The van der Waals surface area contributed by atoms with Crippen LogP contribution in [0.15, 0.2) is 24.3 Å². The first-order valence-corrected chi connectivity index (χ1v) is 9.22. The van der Waals surface area contributed by atoms with Crippen molar-refractivity contribution in [1.29, 1.82) is 0 Å². The Hall–Kier alpha value is -1.39. The molecule has 4 heteroatoms. The fourth-order valence-corrected chi connectivity index (χ4v) is 3.26. The molecule has 1 fully saturated rings. The van der Waals surface area contributed by atoms with Gasteiger partial charge in [-0.1, -0.05) is 31.2 Å². The number of benzene rings is 1. The van der Waals surface area contributed by atoms with E-state index in [0.717, 1.165) is 25.9 Å². The zero-order valence-electron chi connectivity index (χ0n) is 15.5. The molecule has 3 unspecified atom stereocenters. The molecule has 1 aromatic rings. The summed E-state index contributed by atoms with van der Waals surface area (Å²) in [6.45, 7) is 11.1. The van der Waals surface area contributed by atoms with Crippen molar-refractivity contribution in [2.45, 2.75) is 65.2 Å². The lowest BCUT2D eigenvalue weighted by Gasteiger charge is -2.39. The van der Waals surface area contributed by atoms with Crippen LogP contribution in [0.5, 0.6) is 0 Å². The maximum absolute atomic E-state index is 12.1. The van der Waals surface area contributed by atoms with Crippen LogP contribution in [0.3, 0.4) is 0 Å². The standard InChI is InChI=1S/C20H32N2O2/c1-5-18-6-8-19(9-7-18)10-11-20(23)21-12-15(2)22-13-16(3)24-17(4)14-22/h6-9,15-17H,5,10-14H2,1-4H3,(H,21,23). The van der Waals surface area contributed by atoms with Gasteiger partial charge in [0, 0.05) is 32.1 Å². The number of hydrogen-bond acceptors (Lipinski definition) is 3. The molecule has 1 aliphatic heterocycles. The van der Waals surface area contributed by atoms with Gasteiger partial charge in [-0.3, -0.25) is 9.69 Å². The first-order valence-electron chi connectivity index (χ1n) is 9.22. The summed E-state index contributed by atoms with van der Waals surface area (Å²) in [5, 5.41) is 3.08. The number of amides is 1. The quantitative estimate of drug-likeness (QED) is 0.835. The van der Waals surface area contributed by atoms with Crippen molar-refractivity contribution >= 4 is 5.91 Å². The molecule has 0 saturated carbocycles. The zero-order valence-corrected chi connectivity index (χ0v) is 15.5. The van der Waals surface area contributed by atoms with Crippen LogP contribution in [-0.4, -0.2) is 48.7 Å². The van der Waals surface area contributed by atoms with E-state index in [1.54, 1.807) is 0 Å². The normalized spacial score (nSPS) is 23.0. The summed E-state index contributed by atoms with van der Waals surface area (Å²) in [4.78, 5) is 14.5. The van der Waals surface area contributed by atoms with Gasteiger partial charge in [-0.15, -0.1) is 0 Å². The Kier molecular flexibility index (Phi) is 7.25. The fraction of sp³-hybridized carbons (Fsp3) is 0.650. The van der Waals surface area contributed by atoms with Crippen LogP contribution >= 0.6 is 0 Å². The minimum atomic E-state index is 0.135. The zero-order chi connectivity index (χ0) is 17.5. The highest BCUT2D eigenvalue weighted by Crippen LogP contribution is 2.13. The van der Waals surface area contributed by atoms with Gasteiger partial charge in [-0.2, -0.15) is 0 Å². The number of morpholine rings is 1. The highest BCUT2D eigenvalue weighted by atomic mass is 16.5. The lowest BCUT2D eigenvalue weighted by atomic mass is 10.1. The molecular formula is C20H32N2O2. The van der Waals surface area contributed by atoms with E-state index >= 15 is 0 Å². The number of rotatable bonds is 7. The van der Waals surface area contributed by atoms with Crippen LogP contribution < -0.4 is 5.32 Å². The molecule has 1 N–H and O–H groups in total. The minimum absolute atomic E-state index is 0.135. The summed E-state index contributed by atoms with van der Waals surface area (Å²) in [5.41, 5.74) is 2.57. The minimum Gasteiger partial charge on any atom is -0.373 e. The topological polar surface area (TPSA) is 41.6 Å². The van der Waals surface area contributed by atoms with Gasteiger partial charge in [0.05, 0.1) is 12.2 Å². The molecule has 4 nitrogen and oxygen atoms in total. The molecule has 0 bridgehead atoms. The van der Waals surface area contributed by atoms with Crippen molar-refractivity contribution in [3.63, 3.8) is 0 Å². The molecule has 0 radical (unpaired) electrons. The van der Waals surface area contributed by atoms with Crippen molar-refractivity contribution in [2.75, 3.05) is 19.6 Å². The maximum Gasteiger partial charge on any atom is 0.220 e. The van der Waals surface area contributed by atoms with Gasteiger partial charge in [-0.05, 0) is 44.7 Å². The molecule has 0 spiro atoms. The number of carbonyl (C=O) groups is 1. The van der Waals surface area contributed by atoms with Crippen LogP contribution in [0.2, 0.25) is 0 Å². The summed E-state index contributed by atoms with van der Waals surface area (Å²) in [5.74, 6) is 0.135. The van der Waals surface area contributed by atoms with E-state index < -0.39 is 0 Å². The Morgan fingerprint density at radius 3 is 2.38 bits per heavy atom. The molecule has 3 atom stereocenters. The van der Waals surface area contributed by atoms with Crippen LogP contribution in [-0.2, 0) is 22.4 Å². The highest BCUT2D eigenvalue weighted by Gasteiger charge is 2.25. The van der Waals surface area contributed by atoms with Gasteiger partial charge in [0.1, 0.15) is 0 Å². The number of nitrogens with zero attached hydrogens (tertiary/aromatic N) is 1. The van der Waals surface area contributed by atoms with E-state index in [0.29, 0.717) is 19.0 Å². The molecule has 24 heavy (non-hydrogen) atoms. The van der Waals surface area contributed by atoms with Gasteiger partial charge in [-0.25, -0.2) is 0 Å². The van der Waals surface area contributed by atoms with E-state index in [-0.39, 0.29) is 18.1 Å². The number of nitrogens with one attached hydrogen (secondary N) is 1. The van der Waals surface area contributed by atoms with Crippen molar-refractivity contribution in [3.8, 4) is 0 Å². The summed E-state index contributed by atoms with van der Waals surface area (Å²) in [7, 11) is 0. The highest BCUT2D eigenvalue weighted by molar-refractivity contribution is 5.76. The smallest absolute Gasteiger partial charge is 0.220 e. The molecule has 1 aliphatic rings. The molecule has 0 aliphatic carbocycles. The molecule has 1 heterocycles. The monoisotopic (exact) mass is 332 g/mol. The third kappa shape index (κ3) is 5.91. The molecule has 1 aromatic carbocycles. The van der Waals surface area contributed by atoms with Crippen LogP contribution in [0.4, 0.5) is 0 Å². The predicted octanol–water partition coefficient (Wildman–Crippen LogP) is 2.80. The third-order valence-corrected chi connectivity index (χ3v) is 4.74. The number of ether oxygens (including phenoxy) is 1. The van der Waals surface area contributed by atoms with E-state index in [1.165, 1.54) is 11.1 Å². The molecule has 0 aromatic heterocycles. The number of hydrogen-bond donors (Lipinski definition) is 1. The van der Waals surface area contributed by atoms with Crippen molar-refractivity contribution in [2.24, 2.45) is 0 Å². The second-order valence-corrected chi connectivity index (χ2v) is 7.03. The second-order valence-electron chi connectivity index (χ2n) is 7.03. The SMILES string of the molecule is CCc1ccc(CCC(=O)NCC(C)N2CC(C)OC(C)C2)cc1.